The second kappa shape index (κ2) is 5.91. The molecule has 0 aliphatic carbocycles. The summed E-state index contributed by atoms with van der Waals surface area (Å²) in [5, 5.41) is 10.5. The quantitative estimate of drug-likeness (QED) is 0.545. The van der Waals surface area contributed by atoms with Crippen molar-refractivity contribution in [2.24, 2.45) is 7.05 Å². The van der Waals surface area contributed by atoms with Crippen molar-refractivity contribution >= 4 is 28.9 Å². The molecule has 0 radical (unpaired) electrons. The van der Waals surface area contributed by atoms with E-state index >= 15 is 0 Å². The first-order chi connectivity index (χ1) is 9.15. The summed E-state index contributed by atoms with van der Waals surface area (Å²) < 4.78 is 1.44. The molecule has 0 aliphatic rings. The minimum absolute atomic E-state index is 0.206. The third kappa shape index (κ3) is 3.75. The van der Waals surface area contributed by atoms with Crippen LogP contribution in [0.2, 0.25) is 0 Å². The number of carbonyl (C=O) groups excluding carboxylic acids is 1. The maximum Gasteiger partial charge on any atom is 0.291 e. The van der Waals surface area contributed by atoms with Gasteiger partial charge in [-0.15, -0.1) is 5.10 Å². The molecule has 3 N–H and O–H groups in total. The summed E-state index contributed by atoms with van der Waals surface area (Å²) in [6.07, 6.45) is 1.50. The molecule has 98 valence electrons. The molecule has 7 nitrogen and oxygen atoms in total. The van der Waals surface area contributed by atoms with E-state index in [1.54, 1.807) is 7.05 Å². The van der Waals surface area contributed by atoms with E-state index in [0.29, 0.717) is 0 Å². The van der Waals surface area contributed by atoms with Crippen LogP contribution in [0.5, 0.6) is 0 Å². The molecule has 1 aromatic carbocycles. The first-order valence-electron chi connectivity index (χ1n) is 5.44. The van der Waals surface area contributed by atoms with Gasteiger partial charge in [-0.1, -0.05) is 23.4 Å². The Kier molecular flexibility index (Phi) is 4.04. The summed E-state index contributed by atoms with van der Waals surface area (Å²) in [4.78, 5) is 11.6. The highest BCUT2D eigenvalue weighted by atomic mass is 32.1. The lowest BCUT2D eigenvalue weighted by molar-refractivity contribution is 0.0939. The number of thiocarbonyl (C=S) groups is 1. The highest BCUT2D eigenvalue weighted by Crippen LogP contribution is 2.03. The lowest BCUT2D eigenvalue weighted by Gasteiger charge is -2.10. The number of nitrogens with zero attached hydrogens (tertiary/aromatic N) is 3. The maximum absolute atomic E-state index is 11.6. The number of aromatic nitrogens is 3. The van der Waals surface area contributed by atoms with Crippen LogP contribution in [-0.4, -0.2) is 26.0 Å². The lowest BCUT2D eigenvalue weighted by Crippen LogP contribution is -2.43. The zero-order valence-electron chi connectivity index (χ0n) is 10.1. The van der Waals surface area contributed by atoms with Crippen molar-refractivity contribution in [1.29, 1.82) is 0 Å². The smallest absolute Gasteiger partial charge is 0.291 e. The first kappa shape index (κ1) is 13.0. The number of amides is 1. The Morgan fingerprint density at radius 2 is 2.00 bits per heavy atom. The van der Waals surface area contributed by atoms with Crippen molar-refractivity contribution in [3.05, 3.63) is 42.2 Å². The molecule has 0 bridgehead atoms. The van der Waals surface area contributed by atoms with E-state index in [4.69, 9.17) is 12.2 Å². The van der Waals surface area contributed by atoms with Crippen LogP contribution in [0, 0.1) is 0 Å². The molecular formula is C11H12N6OS. The number of hydrazine groups is 1. The van der Waals surface area contributed by atoms with Gasteiger partial charge in [-0.2, -0.15) is 0 Å². The van der Waals surface area contributed by atoms with Crippen LogP contribution in [0.1, 0.15) is 10.5 Å². The third-order valence-corrected chi connectivity index (χ3v) is 2.36. The van der Waals surface area contributed by atoms with Gasteiger partial charge in [0.25, 0.3) is 5.91 Å². The Balaban J connectivity index is 1.82. The van der Waals surface area contributed by atoms with Gasteiger partial charge >= 0.3 is 0 Å². The van der Waals surface area contributed by atoms with Gasteiger partial charge in [0.05, 0.1) is 6.20 Å². The summed E-state index contributed by atoms with van der Waals surface area (Å²) in [5.41, 5.74) is 6.04. The van der Waals surface area contributed by atoms with Gasteiger partial charge in [0.1, 0.15) is 0 Å². The standard InChI is InChI=1S/C11H12N6OS/c1-17-7-9(13-16-17)10(18)14-15-11(19)12-8-5-3-2-4-6-8/h2-7H,1H3,(H,14,18)(H2,12,15,19). The largest absolute Gasteiger partial charge is 0.331 e. The highest BCUT2D eigenvalue weighted by molar-refractivity contribution is 7.80. The molecule has 1 amide bonds. The fourth-order valence-electron chi connectivity index (χ4n) is 1.31. The van der Waals surface area contributed by atoms with Gasteiger partial charge in [0, 0.05) is 12.7 Å². The molecule has 0 spiro atoms. The Bertz CT molecular complexity index is 582. The summed E-state index contributed by atoms with van der Waals surface area (Å²) in [5.74, 6) is -0.412. The van der Waals surface area contributed by atoms with E-state index < -0.39 is 5.91 Å². The summed E-state index contributed by atoms with van der Waals surface area (Å²) in [6.45, 7) is 0. The number of hydrogen-bond acceptors (Lipinski definition) is 4. The minimum Gasteiger partial charge on any atom is -0.331 e. The van der Waals surface area contributed by atoms with Crippen molar-refractivity contribution in [3.63, 3.8) is 0 Å². The van der Waals surface area contributed by atoms with Crippen LogP contribution in [0.25, 0.3) is 0 Å². The third-order valence-electron chi connectivity index (χ3n) is 2.16. The first-order valence-corrected chi connectivity index (χ1v) is 5.84. The van der Waals surface area contributed by atoms with E-state index in [9.17, 15) is 4.79 Å². The van der Waals surface area contributed by atoms with Crippen LogP contribution in [0.4, 0.5) is 5.69 Å². The van der Waals surface area contributed by atoms with Crippen molar-refractivity contribution < 1.29 is 4.79 Å². The number of rotatable bonds is 2. The molecule has 2 aromatic rings. The SMILES string of the molecule is Cn1cc(C(=O)NNC(=S)Nc2ccccc2)nn1. The fraction of sp³-hybridized carbons (Fsp3) is 0.0909. The molecule has 19 heavy (non-hydrogen) atoms. The van der Waals surface area contributed by atoms with E-state index in [2.05, 4.69) is 26.5 Å². The Morgan fingerprint density at radius 1 is 1.26 bits per heavy atom. The minimum atomic E-state index is -0.412. The van der Waals surface area contributed by atoms with Gasteiger partial charge in [0.15, 0.2) is 10.8 Å². The maximum atomic E-state index is 11.6. The van der Waals surface area contributed by atoms with E-state index in [1.807, 2.05) is 30.3 Å². The van der Waals surface area contributed by atoms with E-state index in [-0.39, 0.29) is 10.8 Å². The van der Waals surface area contributed by atoms with Crippen molar-refractivity contribution in [2.75, 3.05) is 5.32 Å². The second-order valence-corrected chi connectivity index (χ2v) is 4.08. The molecule has 0 atom stereocenters. The molecule has 8 heteroatoms. The average molecular weight is 276 g/mol. The van der Waals surface area contributed by atoms with Crippen LogP contribution >= 0.6 is 12.2 Å². The number of anilines is 1. The van der Waals surface area contributed by atoms with Crippen molar-refractivity contribution in [2.45, 2.75) is 0 Å². The predicted molar refractivity (Wildman–Crippen MR) is 74.3 cm³/mol. The Hall–Kier alpha value is -2.48. The molecule has 2 rings (SSSR count). The van der Waals surface area contributed by atoms with Gasteiger partial charge in [-0.25, -0.2) is 0 Å². The van der Waals surface area contributed by atoms with Gasteiger partial charge in [-0.05, 0) is 24.4 Å². The average Bonchev–Trinajstić information content (AvgIpc) is 2.84. The molecule has 0 saturated carbocycles. The number of nitrogens with one attached hydrogen (secondary N) is 3. The Morgan fingerprint density at radius 3 is 2.63 bits per heavy atom. The second-order valence-electron chi connectivity index (χ2n) is 3.68. The molecule has 0 aliphatic heterocycles. The lowest BCUT2D eigenvalue weighted by atomic mass is 10.3. The number of para-hydroxylation sites is 1. The molecule has 1 heterocycles. The van der Waals surface area contributed by atoms with E-state index in [0.717, 1.165) is 5.69 Å². The zero-order chi connectivity index (χ0) is 13.7. The number of aryl methyl sites for hydroxylation is 1. The summed E-state index contributed by atoms with van der Waals surface area (Å²) in [6, 6.07) is 9.38. The monoisotopic (exact) mass is 276 g/mol. The predicted octanol–water partition coefficient (Wildman–Crippen LogP) is 0.447. The van der Waals surface area contributed by atoms with Crippen molar-refractivity contribution in [3.8, 4) is 0 Å². The molecule has 0 fully saturated rings. The molecule has 1 aromatic heterocycles. The Labute approximate surface area is 115 Å². The number of hydrogen-bond donors (Lipinski definition) is 3. The normalized spacial score (nSPS) is 9.74. The van der Waals surface area contributed by atoms with Crippen molar-refractivity contribution in [1.82, 2.24) is 25.8 Å². The number of carbonyl (C=O) groups is 1. The summed E-state index contributed by atoms with van der Waals surface area (Å²) >= 11 is 5.03. The van der Waals surface area contributed by atoms with Gasteiger partial charge in [-0.3, -0.25) is 20.3 Å². The number of benzene rings is 1. The molecule has 0 unspecified atom stereocenters. The van der Waals surface area contributed by atoms with Crippen LogP contribution < -0.4 is 16.2 Å². The summed E-state index contributed by atoms with van der Waals surface area (Å²) in [7, 11) is 1.68. The van der Waals surface area contributed by atoms with Gasteiger partial charge in [0.2, 0.25) is 0 Å². The van der Waals surface area contributed by atoms with Crippen LogP contribution in [0.15, 0.2) is 36.5 Å². The van der Waals surface area contributed by atoms with Crippen LogP contribution in [-0.2, 0) is 7.05 Å². The zero-order valence-corrected chi connectivity index (χ0v) is 10.9. The molecule has 0 saturated heterocycles. The topological polar surface area (TPSA) is 83.9 Å². The van der Waals surface area contributed by atoms with Gasteiger partial charge < -0.3 is 5.32 Å². The van der Waals surface area contributed by atoms with Crippen LogP contribution in [0.3, 0.4) is 0 Å². The molecular weight excluding hydrogens is 264 g/mol. The fourth-order valence-corrected chi connectivity index (χ4v) is 1.48. The van der Waals surface area contributed by atoms with E-state index in [1.165, 1.54) is 10.9 Å². The highest BCUT2D eigenvalue weighted by Gasteiger charge is 2.09.